The van der Waals surface area contributed by atoms with Crippen LogP contribution in [0.5, 0.6) is 5.75 Å². The van der Waals surface area contributed by atoms with E-state index in [1.165, 1.54) is 18.2 Å². The zero-order chi connectivity index (χ0) is 13.8. The summed E-state index contributed by atoms with van der Waals surface area (Å²) in [5.41, 5.74) is 6.71. The van der Waals surface area contributed by atoms with E-state index in [2.05, 4.69) is 11.4 Å². The van der Waals surface area contributed by atoms with Gasteiger partial charge in [-0.2, -0.15) is 0 Å². The van der Waals surface area contributed by atoms with Gasteiger partial charge < -0.3 is 16.2 Å². The number of nitrogens with one attached hydrogen (secondary N) is 2. The fourth-order valence-electron chi connectivity index (χ4n) is 1.56. The molecule has 19 heavy (non-hydrogen) atoms. The van der Waals surface area contributed by atoms with E-state index < -0.39 is 0 Å². The zero-order valence-electron chi connectivity index (χ0n) is 9.97. The molecule has 0 saturated carbocycles. The number of benzene rings is 2. The lowest BCUT2D eigenvalue weighted by Crippen LogP contribution is -2.15. The number of amides is 1. The fraction of sp³-hybridized carbons (Fsp3) is 0. The monoisotopic (exact) mass is 254 g/mol. The highest BCUT2D eigenvalue weighted by Gasteiger charge is 2.08. The molecule has 5 heteroatoms. The van der Waals surface area contributed by atoms with Gasteiger partial charge in [0.1, 0.15) is 11.6 Å². The number of hydrogen-bond donors (Lipinski definition) is 4. The van der Waals surface area contributed by atoms with Crippen molar-refractivity contribution < 1.29 is 9.90 Å². The molecular weight excluding hydrogens is 242 g/mol. The zero-order valence-corrected chi connectivity index (χ0v) is 9.97. The van der Waals surface area contributed by atoms with E-state index >= 15 is 0 Å². The molecule has 0 fully saturated rings. The summed E-state index contributed by atoms with van der Waals surface area (Å²) in [6, 6.07) is 13.6. The standard InChI is InChI=1S/C14H12N3O2/c15-13(16)9-3-1-4-10(7-9)14(19)17-11-5-2-6-12(18)8-11/h1-5,7-8,18H,(H3,15,16)(H,17,19). The Bertz CT molecular complexity index is 638. The molecule has 2 aromatic carbocycles. The lowest BCUT2D eigenvalue weighted by atomic mass is 10.1. The Morgan fingerprint density at radius 3 is 2.68 bits per heavy atom. The molecule has 2 rings (SSSR count). The summed E-state index contributed by atoms with van der Waals surface area (Å²) in [7, 11) is 0. The number of nitrogens with two attached hydrogens (primary N) is 1. The Labute approximate surface area is 110 Å². The number of carbonyl (C=O) groups is 1. The first-order valence-electron chi connectivity index (χ1n) is 5.53. The molecule has 0 heterocycles. The minimum Gasteiger partial charge on any atom is -0.507 e. The second kappa shape index (κ2) is 5.22. The van der Waals surface area contributed by atoms with Crippen LogP contribution in [0.2, 0.25) is 0 Å². The van der Waals surface area contributed by atoms with Crippen LogP contribution in [0.4, 0.5) is 5.69 Å². The molecule has 0 spiro atoms. The number of aromatic hydroxyl groups is 1. The Balaban J connectivity index is 2.20. The molecule has 0 saturated heterocycles. The van der Waals surface area contributed by atoms with Gasteiger partial charge in [0.25, 0.3) is 5.91 Å². The Morgan fingerprint density at radius 1 is 1.26 bits per heavy atom. The van der Waals surface area contributed by atoms with Crippen LogP contribution in [0, 0.1) is 11.5 Å². The summed E-state index contributed by atoms with van der Waals surface area (Å²) in [4.78, 5) is 12.0. The Hall–Kier alpha value is -2.82. The first-order valence-corrected chi connectivity index (χ1v) is 5.53. The SMILES string of the molecule is N=C(N)c1cccc(C(=O)Nc2cc[c]c(O)c2)c1. The summed E-state index contributed by atoms with van der Waals surface area (Å²) in [6.07, 6.45) is 0. The molecule has 2 aromatic rings. The van der Waals surface area contributed by atoms with Gasteiger partial charge in [0, 0.05) is 28.9 Å². The van der Waals surface area contributed by atoms with Gasteiger partial charge in [0.05, 0.1) is 0 Å². The molecule has 1 amide bonds. The number of hydrogen-bond acceptors (Lipinski definition) is 3. The molecule has 0 atom stereocenters. The van der Waals surface area contributed by atoms with Gasteiger partial charge >= 0.3 is 0 Å². The Morgan fingerprint density at radius 2 is 2.00 bits per heavy atom. The van der Waals surface area contributed by atoms with E-state index in [1.807, 2.05) is 0 Å². The molecular formula is C14H12N3O2. The van der Waals surface area contributed by atoms with E-state index in [-0.39, 0.29) is 17.5 Å². The maximum absolute atomic E-state index is 12.0. The highest BCUT2D eigenvalue weighted by Crippen LogP contribution is 2.16. The first-order chi connectivity index (χ1) is 9.06. The molecule has 0 aliphatic rings. The van der Waals surface area contributed by atoms with Crippen molar-refractivity contribution in [2.24, 2.45) is 5.73 Å². The maximum Gasteiger partial charge on any atom is 0.255 e. The molecule has 0 aliphatic carbocycles. The number of anilines is 1. The van der Waals surface area contributed by atoms with Crippen molar-refractivity contribution in [3.8, 4) is 5.75 Å². The minimum absolute atomic E-state index is 0.0460. The number of phenolic OH excluding ortho intramolecular Hbond substituents is 1. The lowest BCUT2D eigenvalue weighted by molar-refractivity contribution is 0.102. The second-order valence-electron chi connectivity index (χ2n) is 3.91. The average molecular weight is 254 g/mol. The van der Waals surface area contributed by atoms with Gasteiger partial charge in [-0.05, 0) is 24.3 Å². The van der Waals surface area contributed by atoms with Crippen LogP contribution < -0.4 is 11.1 Å². The largest absolute Gasteiger partial charge is 0.507 e. The summed E-state index contributed by atoms with van der Waals surface area (Å²) >= 11 is 0. The topological polar surface area (TPSA) is 99.2 Å². The van der Waals surface area contributed by atoms with Crippen LogP contribution in [0.3, 0.4) is 0 Å². The number of nitrogen functional groups attached to an aromatic ring is 1. The van der Waals surface area contributed by atoms with Crippen molar-refractivity contribution in [3.05, 3.63) is 59.7 Å². The summed E-state index contributed by atoms with van der Waals surface area (Å²) in [5.74, 6) is -0.481. The number of amidine groups is 1. The molecule has 5 nitrogen and oxygen atoms in total. The fourth-order valence-corrected chi connectivity index (χ4v) is 1.56. The predicted molar refractivity (Wildman–Crippen MR) is 72.4 cm³/mol. The highest BCUT2D eigenvalue weighted by atomic mass is 16.3. The van der Waals surface area contributed by atoms with Crippen LogP contribution in [0.25, 0.3) is 0 Å². The molecule has 5 N–H and O–H groups in total. The first kappa shape index (κ1) is 12.6. The van der Waals surface area contributed by atoms with Gasteiger partial charge in [-0.15, -0.1) is 0 Å². The quantitative estimate of drug-likeness (QED) is 0.495. The van der Waals surface area contributed by atoms with Crippen LogP contribution in [0.15, 0.2) is 42.5 Å². The van der Waals surface area contributed by atoms with Gasteiger partial charge in [0.2, 0.25) is 0 Å². The highest BCUT2D eigenvalue weighted by molar-refractivity contribution is 6.06. The van der Waals surface area contributed by atoms with Crippen LogP contribution in [-0.2, 0) is 0 Å². The number of phenols is 1. The van der Waals surface area contributed by atoms with Gasteiger partial charge in [-0.1, -0.05) is 12.1 Å². The third-order valence-corrected chi connectivity index (χ3v) is 2.48. The summed E-state index contributed by atoms with van der Waals surface area (Å²) < 4.78 is 0. The van der Waals surface area contributed by atoms with Gasteiger partial charge in [-0.3, -0.25) is 10.2 Å². The molecule has 0 aliphatic heterocycles. The van der Waals surface area contributed by atoms with Crippen molar-refractivity contribution in [1.82, 2.24) is 0 Å². The third-order valence-electron chi connectivity index (χ3n) is 2.48. The predicted octanol–water partition coefficient (Wildman–Crippen LogP) is 1.73. The van der Waals surface area contributed by atoms with Crippen molar-refractivity contribution in [2.45, 2.75) is 0 Å². The smallest absolute Gasteiger partial charge is 0.255 e. The Kier molecular flexibility index (Phi) is 3.47. The van der Waals surface area contributed by atoms with Gasteiger partial charge in [0.15, 0.2) is 0 Å². The average Bonchev–Trinajstić information content (AvgIpc) is 2.39. The van der Waals surface area contributed by atoms with Crippen molar-refractivity contribution in [1.29, 1.82) is 5.41 Å². The number of rotatable bonds is 3. The van der Waals surface area contributed by atoms with Crippen molar-refractivity contribution in [2.75, 3.05) is 5.32 Å². The summed E-state index contributed by atoms with van der Waals surface area (Å²) in [6.45, 7) is 0. The normalized spacial score (nSPS) is 9.89. The summed E-state index contributed by atoms with van der Waals surface area (Å²) in [5, 5.41) is 19.2. The van der Waals surface area contributed by atoms with Crippen LogP contribution in [0.1, 0.15) is 15.9 Å². The molecule has 95 valence electrons. The van der Waals surface area contributed by atoms with E-state index in [1.54, 1.807) is 24.3 Å². The lowest BCUT2D eigenvalue weighted by Gasteiger charge is -2.06. The van der Waals surface area contributed by atoms with Crippen LogP contribution in [-0.4, -0.2) is 16.8 Å². The van der Waals surface area contributed by atoms with Crippen molar-refractivity contribution in [3.63, 3.8) is 0 Å². The molecule has 0 bridgehead atoms. The van der Waals surface area contributed by atoms with E-state index in [0.717, 1.165) is 0 Å². The second-order valence-corrected chi connectivity index (χ2v) is 3.91. The minimum atomic E-state index is -0.339. The van der Waals surface area contributed by atoms with E-state index in [4.69, 9.17) is 11.1 Å². The molecule has 0 unspecified atom stereocenters. The van der Waals surface area contributed by atoms with Gasteiger partial charge in [-0.25, -0.2) is 0 Å². The molecule has 0 aromatic heterocycles. The van der Waals surface area contributed by atoms with Crippen LogP contribution >= 0.6 is 0 Å². The third kappa shape index (κ3) is 3.10. The number of carbonyl (C=O) groups excluding carboxylic acids is 1. The van der Waals surface area contributed by atoms with E-state index in [0.29, 0.717) is 16.8 Å². The van der Waals surface area contributed by atoms with Crippen molar-refractivity contribution >= 4 is 17.4 Å². The molecule has 1 radical (unpaired) electrons. The van der Waals surface area contributed by atoms with E-state index in [9.17, 15) is 9.90 Å². The maximum atomic E-state index is 12.0.